The van der Waals surface area contributed by atoms with Crippen LogP contribution in [0, 0.1) is 0 Å². The molecule has 50 heavy (non-hydrogen) atoms. The zero-order valence-corrected chi connectivity index (χ0v) is 27.9. The molecule has 2 atom stereocenters. The van der Waals surface area contributed by atoms with Crippen molar-refractivity contribution in [3.8, 4) is 22.6 Å². The number of likely N-dealkylation sites (N-methyl/N-ethyl adjacent to an activating group) is 1. The Kier molecular flexibility index (Phi) is 9.32. The number of halogens is 4. The maximum absolute atomic E-state index is 14.0. The Balaban J connectivity index is 1.13. The summed E-state index contributed by atoms with van der Waals surface area (Å²) in [6.07, 6.45) is -2.12. The van der Waals surface area contributed by atoms with Gasteiger partial charge in [-0.2, -0.15) is 18.3 Å². The van der Waals surface area contributed by atoms with Gasteiger partial charge in [-0.3, -0.25) is 24.5 Å². The van der Waals surface area contributed by atoms with Crippen LogP contribution in [-0.2, 0) is 18.0 Å². The first-order chi connectivity index (χ1) is 23.6. The Hall–Kier alpha value is -5.00. The van der Waals surface area contributed by atoms with E-state index in [-0.39, 0.29) is 56.6 Å². The molecule has 4 aromatic rings. The second-order valence-corrected chi connectivity index (χ2v) is 13.2. The highest BCUT2D eigenvalue weighted by molar-refractivity contribution is 6.34. The Morgan fingerprint density at radius 1 is 1.10 bits per heavy atom. The Morgan fingerprint density at radius 3 is 2.44 bits per heavy atom. The lowest BCUT2D eigenvalue weighted by Crippen LogP contribution is -2.55. The summed E-state index contributed by atoms with van der Waals surface area (Å²) in [5.41, 5.74) is 4.96. The number of piperazine rings is 1. The largest absolute Gasteiger partial charge is 0.435 e. The summed E-state index contributed by atoms with van der Waals surface area (Å²) in [5.74, 6) is -1.29. The van der Waals surface area contributed by atoms with Gasteiger partial charge in [0.05, 0.1) is 64.9 Å². The number of anilines is 2. The molecule has 5 N–H and O–H groups in total. The number of quaternary nitrogens is 1. The van der Waals surface area contributed by atoms with E-state index in [1.807, 2.05) is 7.05 Å². The molecule has 2 unspecified atom stereocenters. The van der Waals surface area contributed by atoms with E-state index < -0.39 is 23.9 Å². The number of benzene rings is 1. The van der Waals surface area contributed by atoms with Gasteiger partial charge in [-0.05, 0) is 30.3 Å². The van der Waals surface area contributed by atoms with Crippen molar-refractivity contribution in [2.45, 2.75) is 18.7 Å². The number of aliphatic hydroxyl groups excluding tert-OH is 1. The summed E-state index contributed by atoms with van der Waals surface area (Å²) in [5, 5.41) is 18.5. The first-order valence-electron chi connectivity index (χ1n) is 15.7. The van der Waals surface area contributed by atoms with Crippen molar-refractivity contribution in [3.63, 3.8) is 0 Å². The second-order valence-electron chi connectivity index (χ2n) is 12.8. The number of likely N-dealkylation sites (tertiary alicyclic amines) is 1. The third-order valence-electron chi connectivity index (χ3n) is 9.07. The molecule has 264 valence electrons. The third-order valence-corrected chi connectivity index (χ3v) is 9.39. The Morgan fingerprint density at radius 2 is 1.82 bits per heavy atom. The number of aromatic nitrogens is 5. The lowest BCUT2D eigenvalue weighted by Gasteiger charge is -2.37. The van der Waals surface area contributed by atoms with E-state index in [4.69, 9.17) is 17.3 Å². The summed E-state index contributed by atoms with van der Waals surface area (Å²) in [6.45, 7) is 2.94. The maximum Gasteiger partial charge on any atom is 0.435 e. The van der Waals surface area contributed by atoms with Crippen molar-refractivity contribution in [3.05, 3.63) is 64.8 Å². The first kappa shape index (κ1) is 34.8. The number of imidazole rings is 1. The summed E-state index contributed by atoms with van der Waals surface area (Å²) >= 11 is 6.49. The van der Waals surface area contributed by atoms with E-state index in [2.05, 4.69) is 25.5 Å². The number of aromatic amines is 1. The number of rotatable bonds is 7. The number of nitrogens with zero attached hydrogens (tertiary/aromatic N) is 7. The Labute approximate surface area is 289 Å². The summed E-state index contributed by atoms with van der Waals surface area (Å²) in [4.78, 5) is 51.1. The van der Waals surface area contributed by atoms with Gasteiger partial charge < -0.3 is 35.0 Å². The number of carbonyl (C=O) groups is 3. The highest BCUT2D eigenvalue weighted by Crippen LogP contribution is 2.41. The predicted octanol–water partition coefficient (Wildman–Crippen LogP) is 2.87. The topological polar surface area (TPSA) is 175 Å². The smallest absolute Gasteiger partial charge is 0.397 e. The van der Waals surface area contributed by atoms with Crippen LogP contribution < -0.4 is 11.1 Å². The normalized spacial score (nSPS) is 19.5. The van der Waals surface area contributed by atoms with Gasteiger partial charge in [0.2, 0.25) is 0 Å². The van der Waals surface area contributed by atoms with E-state index in [1.54, 1.807) is 9.80 Å². The van der Waals surface area contributed by atoms with Crippen molar-refractivity contribution in [1.82, 2.24) is 34.5 Å². The van der Waals surface area contributed by atoms with Crippen LogP contribution in [0.5, 0.6) is 0 Å². The molecular weight excluding hydrogens is 681 g/mol. The molecule has 3 aromatic heterocycles. The predicted molar refractivity (Wildman–Crippen MR) is 177 cm³/mol. The molecule has 2 saturated heterocycles. The van der Waals surface area contributed by atoms with Crippen LogP contribution in [0.25, 0.3) is 22.6 Å². The second kappa shape index (κ2) is 13.4. The summed E-state index contributed by atoms with van der Waals surface area (Å²) < 4.78 is 43.7. The fourth-order valence-corrected chi connectivity index (χ4v) is 6.65. The van der Waals surface area contributed by atoms with Crippen molar-refractivity contribution >= 4 is 40.7 Å². The fraction of sp³-hybridized carbons (Fsp3) is 0.375. The highest BCUT2D eigenvalue weighted by Gasteiger charge is 2.40. The van der Waals surface area contributed by atoms with E-state index in [0.717, 1.165) is 12.7 Å². The van der Waals surface area contributed by atoms with Gasteiger partial charge >= 0.3 is 6.18 Å². The number of alkyl halides is 3. The molecule has 2 aliphatic heterocycles. The third kappa shape index (κ3) is 7.01. The minimum absolute atomic E-state index is 0.0172. The number of hydrogen-bond acceptors (Lipinski definition) is 8. The molecule has 0 aliphatic carbocycles. The number of carbonyl (C=O) groups excluding carboxylic acids is 3. The molecule has 0 saturated carbocycles. The zero-order chi connectivity index (χ0) is 36.0. The van der Waals surface area contributed by atoms with Crippen molar-refractivity contribution < 1.29 is 37.1 Å². The van der Waals surface area contributed by atoms with Gasteiger partial charge in [0, 0.05) is 45.3 Å². The van der Waals surface area contributed by atoms with Crippen LogP contribution in [-0.4, -0.2) is 121 Å². The highest BCUT2D eigenvalue weighted by atomic mass is 35.5. The number of pyridine rings is 1. The molecule has 14 nitrogen and oxygen atoms in total. The van der Waals surface area contributed by atoms with Gasteiger partial charge in [0.15, 0.2) is 18.1 Å². The van der Waals surface area contributed by atoms with Gasteiger partial charge in [0.25, 0.3) is 17.7 Å². The minimum Gasteiger partial charge on any atom is -0.397 e. The Bertz CT molecular complexity index is 1940. The van der Waals surface area contributed by atoms with Crippen LogP contribution in [0.15, 0.2) is 42.7 Å². The molecule has 3 amide bonds. The number of nitrogen functional groups attached to an aromatic ring is 1. The molecule has 18 heteroatoms. The van der Waals surface area contributed by atoms with E-state index in [1.165, 1.54) is 48.1 Å². The number of H-pyrrole nitrogens is 1. The number of aliphatic hydroxyl groups is 1. The number of hydrogen-bond donors (Lipinski definition) is 4. The number of nitrogens with one attached hydrogen (secondary N) is 2. The monoisotopic (exact) mass is 715 g/mol. The van der Waals surface area contributed by atoms with E-state index in [0.29, 0.717) is 55.9 Å². The number of nitrogens with two attached hydrogens (primary N) is 1. The quantitative estimate of drug-likeness (QED) is 0.211. The van der Waals surface area contributed by atoms with Gasteiger partial charge in [-0.1, -0.05) is 11.6 Å². The van der Waals surface area contributed by atoms with Crippen LogP contribution in [0.2, 0.25) is 5.02 Å². The number of amides is 3. The van der Waals surface area contributed by atoms with Crippen molar-refractivity contribution in [2.75, 3.05) is 63.9 Å². The summed E-state index contributed by atoms with van der Waals surface area (Å²) in [6, 6.07) is 7.28. The fourth-order valence-electron chi connectivity index (χ4n) is 6.39. The molecule has 2 fully saturated rings. The minimum atomic E-state index is -4.83. The molecule has 1 aromatic carbocycles. The molecule has 0 spiro atoms. The van der Waals surface area contributed by atoms with E-state index >= 15 is 0 Å². The van der Waals surface area contributed by atoms with Crippen molar-refractivity contribution in [1.29, 1.82) is 0 Å². The molecule has 2 aliphatic rings. The van der Waals surface area contributed by atoms with Gasteiger partial charge in [-0.15, -0.1) is 0 Å². The molecule has 0 radical (unpaired) electrons. The van der Waals surface area contributed by atoms with Crippen LogP contribution in [0.1, 0.15) is 33.1 Å². The molecular formula is C32H35ClF3N10O4+. The average molecular weight is 716 g/mol. The molecule has 0 bridgehead atoms. The molecule has 6 rings (SSSR count). The van der Waals surface area contributed by atoms with Gasteiger partial charge in [-0.25, -0.2) is 4.98 Å². The van der Waals surface area contributed by atoms with E-state index in [9.17, 15) is 32.7 Å². The zero-order valence-electron chi connectivity index (χ0n) is 27.2. The van der Waals surface area contributed by atoms with Crippen LogP contribution in [0.4, 0.5) is 24.5 Å². The van der Waals surface area contributed by atoms with Gasteiger partial charge in [0.1, 0.15) is 12.6 Å². The first-order valence-corrected chi connectivity index (χ1v) is 16.1. The lowest BCUT2D eigenvalue weighted by molar-refractivity contribution is -0.891. The summed E-state index contributed by atoms with van der Waals surface area (Å²) in [7, 11) is 3.35. The average Bonchev–Trinajstić information content (AvgIpc) is 3.77. The lowest BCUT2D eigenvalue weighted by atomic mass is 10.1. The van der Waals surface area contributed by atoms with Crippen LogP contribution >= 0.6 is 11.6 Å². The SMILES string of the molecule is Cn1c(-c2c(C(F)(F)F)n[nH]c2-c2ccc(N)cn2)cnc1C(=O)Nc1ccc(C(=O)N2CCN(C(=O)C[N+]3(C)CCC(O)C3)CC2)c(Cl)c1. The van der Waals surface area contributed by atoms with Crippen LogP contribution in [0.3, 0.4) is 0 Å². The standard InChI is InChI=1S/C32H34ClF3N10O4/c1-43-24(26-27(23-6-3-18(37)14-38-23)41-42-28(26)32(34,35)36)15-39-29(43)30(49)40-19-4-5-21(22(33)13-19)31(50)45-10-8-44(9-11-45)25(48)17-46(2)12-7-20(47)16-46/h3-6,13-15,20,47H,7-12,16-17H2,1-2H3,(H3-,37,38,39,40,41,42,49,50)/p+1. The maximum atomic E-state index is 14.0. The molecule has 5 heterocycles. The van der Waals surface area contributed by atoms with Crippen molar-refractivity contribution in [2.24, 2.45) is 7.05 Å².